The minimum absolute atomic E-state index is 0.0238. The molecule has 0 bridgehead atoms. The Morgan fingerprint density at radius 2 is 1.71 bits per heavy atom. The van der Waals surface area contributed by atoms with Crippen LogP contribution < -0.4 is 14.2 Å². The molecule has 0 unspecified atom stereocenters. The quantitative estimate of drug-likeness (QED) is 0.461. The zero-order valence-corrected chi connectivity index (χ0v) is 20.3. The number of para-hydroxylation sites is 1. The molecule has 34 heavy (non-hydrogen) atoms. The van der Waals surface area contributed by atoms with Crippen molar-refractivity contribution in [3.8, 4) is 17.2 Å². The summed E-state index contributed by atoms with van der Waals surface area (Å²) in [5, 5.41) is 1.04. The van der Waals surface area contributed by atoms with E-state index in [9.17, 15) is 4.79 Å². The molecule has 0 saturated carbocycles. The Kier molecular flexibility index (Phi) is 7.43. The molecule has 1 aliphatic heterocycles. The second kappa shape index (κ2) is 10.7. The average Bonchev–Trinajstić information content (AvgIpc) is 3.24. The Balaban J connectivity index is 1.40. The van der Waals surface area contributed by atoms with Gasteiger partial charge in [0.25, 0.3) is 0 Å². The summed E-state index contributed by atoms with van der Waals surface area (Å²) >= 11 is 0. The van der Waals surface area contributed by atoms with Crippen LogP contribution in [0.1, 0.15) is 23.8 Å². The summed E-state index contributed by atoms with van der Waals surface area (Å²) in [5.74, 6) is 2.85. The summed E-state index contributed by atoms with van der Waals surface area (Å²) in [6.45, 7) is 5.68. The molecule has 1 saturated heterocycles. The average molecular weight is 465 g/mol. The highest BCUT2D eigenvalue weighted by Crippen LogP contribution is 2.40. The van der Waals surface area contributed by atoms with Gasteiger partial charge in [-0.3, -0.25) is 9.69 Å². The van der Waals surface area contributed by atoms with Gasteiger partial charge in [-0.05, 0) is 18.2 Å². The number of benzene rings is 2. The van der Waals surface area contributed by atoms with Crippen LogP contribution >= 0.6 is 0 Å². The molecule has 1 amide bonds. The second-order valence-corrected chi connectivity index (χ2v) is 8.22. The van der Waals surface area contributed by atoms with Crippen molar-refractivity contribution in [3.05, 3.63) is 59.4 Å². The molecule has 1 aromatic heterocycles. The molecule has 1 fully saturated rings. The normalized spacial score (nSPS) is 14.6. The number of carbonyl (C=O) groups excluding carboxylic acids is 1. The number of hydrogen-bond acceptors (Lipinski definition) is 6. The predicted octanol–water partition coefficient (Wildman–Crippen LogP) is 4.38. The van der Waals surface area contributed by atoms with E-state index in [0.29, 0.717) is 36.9 Å². The fourth-order valence-electron chi connectivity index (χ4n) is 4.48. The van der Waals surface area contributed by atoms with E-state index >= 15 is 0 Å². The van der Waals surface area contributed by atoms with Crippen LogP contribution in [0.15, 0.2) is 46.9 Å². The van der Waals surface area contributed by atoms with Crippen molar-refractivity contribution in [2.24, 2.45) is 0 Å². The number of hydrogen-bond donors (Lipinski definition) is 0. The van der Waals surface area contributed by atoms with E-state index in [0.717, 1.165) is 47.4 Å². The number of nitrogens with zero attached hydrogens (tertiary/aromatic N) is 2. The topological polar surface area (TPSA) is 64.4 Å². The van der Waals surface area contributed by atoms with Gasteiger partial charge in [0.05, 0.1) is 21.3 Å². The van der Waals surface area contributed by atoms with E-state index in [4.69, 9.17) is 18.6 Å². The Bertz CT molecular complexity index is 1180. The predicted molar refractivity (Wildman–Crippen MR) is 133 cm³/mol. The lowest BCUT2D eigenvalue weighted by molar-refractivity contribution is -0.127. The third-order valence-electron chi connectivity index (χ3n) is 6.29. The SMILES string of the molecule is CCc1oc2ccccc2c1/C=C/C(=O)N1CCN(Cc2ccc(OC)c(OC)c2OC)CC1. The van der Waals surface area contributed by atoms with E-state index < -0.39 is 0 Å². The van der Waals surface area contributed by atoms with Crippen LogP contribution in [0.3, 0.4) is 0 Å². The molecule has 1 aliphatic rings. The number of piperazine rings is 1. The highest BCUT2D eigenvalue weighted by molar-refractivity contribution is 5.96. The molecule has 2 heterocycles. The first-order valence-corrected chi connectivity index (χ1v) is 11.6. The van der Waals surface area contributed by atoms with E-state index in [-0.39, 0.29) is 5.91 Å². The number of rotatable bonds is 8. The van der Waals surface area contributed by atoms with Crippen LogP contribution in [0.5, 0.6) is 17.2 Å². The Morgan fingerprint density at radius 1 is 0.971 bits per heavy atom. The lowest BCUT2D eigenvalue weighted by atomic mass is 10.1. The molecule has 4 rings (SSSR count). The maximum absolute atomic E-state index is 12.9. The smallest absolute Gasteiger partial charge is 0.246 e. The van der Waals surface area contributed by atoms with Crippen LogP contribution in [0.25, 0.3) is 17.0 Å². The molecule has 7 nitrogen and oxygen atoms in total. The van der Waals surface area contributed by atoms with Gasteiger partial charge in [-0.15, -0.1) is 0 Å². The number of carbonyl (C=O) groups is 1. The molecule has 0 radical (unpaired) electrons. The maximum atomic E-state index is 12.9. The summed E-state index contributed by atoms with van der Waals surface area (Å²) in [4.78, 5) is 17.1. The summed E-state index contributed by atoms with van der Waals surface area (Å²) in [5.41, 5.74) is 2.87. The van der Waals surface area contributed by atoms with Crippen molar-refractivity contribution < 1.29 is 23.4 Å². The van der Waals surface area contributed by atoms with Crippen molar-refractivity contribution in [2.45, 2.75) is 19.9 Å². The molecule has 0 N–H and O–H groups in total. The number of methoxy groups -OCH3 is 3. The molecule has 7 heteroatoms. The molecule has 0 atom stereocenters. The number of aryl methyl sites for hydroxylation is 1. The van der Waals surface area contributed by atoms with Gasteiger partial charge >= 0.3 is 0 Å². The monoisotopic (exact) mass is 464 g/mol. The van der Waals surface area contributed by atoms with E-state index in [1.807, 2.05) is 47.4 Å². The lowest BCUT2D eigenvalue weighted by Crippen LogP contribution is -2.47. The summed E-state index contributed by atoms with van der Waals surface area (Å²) in [6.07, 6.45) is 4.35. The van der Waals surface area contributed by atoms with Crippen molar-refractivity contribution >= 4 is 23.0 Å². The molecular formula is C27H32N2O5. The third kappa shape index (κ3) is 4.75. The Labute approximate surface area is 200 Å². The molecule has 2 aromatic carbocycles. The van der Waals surface area contributed by atoms with E-state index in [1.54, 1.807) is 27.4 Å². The van der Waals surface area contributed by atoms with Gasteiger partial charge in [0.2, 0.25) is 11.7 Å². The van der Waals surface area contributed by atoms with Gasteiger partial charge in [0.1, 0.15) is 11.3 Å². The number of ether oxygens (including phenoxy) is 3. The molecule has 180 valence electrons. The van der Waals surface area contributed by atoms with Crippen LogP contribution in [0, 0.1) is 0 Å². The maximum Gasteiger partial charge on any atom is 0.246 e. The van der Waals surface area contributed by atoms with Crippen LogP contribution in [0.4, 0.5) is 0 Å². The van der Waals surface area contributed by atoms with Gasteiger partial charge in [-0.2, -0.15) is 0 Å². The fourth-order valence-corrected chi connectivity index (χ4v) is 4.48. The second-order valence-electron chi connectivity index (χ2n) is 8.22. The molecular weight excluding hydrogens is 432 g/mol. The zero-order valence-electron chi connectivity index (χ0n) is 20.3. The molecule has 0 aliphatic carbocycles. The van der Waals surface area contributed by atoms with Gasteiger partial charge in [0.15, 0.2) is 11.5 Å². The molecule has 3 aromatic rings. The largest absolute Gasteiger partial charge is 0.493 e. The first-order valence-electron chi connectivity index (χ1n) is 11.6. The summed E-state index contributed by atoms with van der Waals surface area (Å²) < 4.78 is 22.4. The standard InChI is InChI=1S/C27H32N2O5/c1-5-22-21(20-8-6-7-9-23(20)34-22)11-13-25(30)29-16-14-28(15-17-29)18-19-10-12-24(31-2)27(33-4)26(19)32-3/h6-13H,5,14-18H2,1-4H3/b13-11+. The van der Waals surface area contributed by atoms with Crippen molar-refractivity contribution in [2.75, 3.05) is 47.5 Å². The van der Waals surface area contributed by atoms with Crippen LogP contribution in [-0.4, -0.2) is 63.2 Å². The van der Waals surface area contributed by atoms with Crippen LogP contribution in [0.2, 0.25) is 0 Å². The Morgan fingerprint density at radius 3 is 2.38 bits per heavy atom. The lowest BCUT2D eigenvalue weighted by Gasteiger charge is -2.34. The minimum Gasteiger partial charge on any atom is -0.493 e. The first-order chi connectivity index (χ1) is 16.6. The van der Waals surface area contributed by atoms with Crippen molar-refractivity contribution in [1.29, 1.82) is 0 Å². The van der Waals surface area contributed by atoms with Gasteiger partial charge in [-0.25, -0.2) is 0 Å². The molecule has 0 spiro atoms. The first kappa shape index (κ1) is 23.7. The number of furan rings is 1. The highest BCUT2D eigenvalue weighted by atomic mass is 16.5. The van der Waals surface area contributed by atoms with Gasteiger partial charge in [0, 0.05) is 61.7 Å². The number of amides is 1. The minimum atomic E-state index is 0.0238. The van der Waals surface area contributed by atoms with Gasteiger partial charge in [-0.1, -0.05) is 31.2 Å². The highest BCUT2D eigenvalue weighted by Gasteiger charge is 2.23. The fraction of sp³-hybridized carbons (Fsp3) is 0.370. The zero-order chi connectivity index (χ0) is 24.1. The summed E-state index contributed by atoms with van der Waals surface area (Å²) in [6, 6.07) is 11.8. The van der Waals surface area contributed by atoms with Crippen molar-refractivity contribution in [1.82, 2.24) is 9.80 Å². The summed E-state index contributed by atoms with van der Waals surface area (Å²) in [7, 11) is 4.86. The third-order valence-corrected chi connectivity index (χ3v) is 6.29. The van der Waals surface area contributed by atoms with E-state index in [2.05, 4.69) is 11.8 Å². The van der Waals surface area contributed by atoms with Crippen molar-refractivity contribution in [3.63, 3.8) is 0 Å². The Hall–Kier alpha value is -3.45. The number of fused-ring (bicyclic) bond motifs is 1. The van der Waals surface area contributed by atoms with Gasteiger partial charge < -0.3 is 23.5 Å². The van der Waals surface area contributed by atoms with E-state index in [1.165, 1.54) is 0 Å². The van der Waals surface area contributed by atoms with Crippen LogP contribution in [-0.2, 0) is 17.8 Å².